The van der Waals surface area contributed by atoms with Crippen molar-refractivity contribution in [3.05, 3.63) is 0 Å². The van der Waals surface area contributed by atoms with Gasteiger partial charge in [-0.05, 0) is 13.0 Å². The van der Waals surface area contributed by atoms with Crippen LogP contribution in [0.5, 0.6) is 0 Å². The molecule has 3 heteroatoms. The molecule has 0 aromatic heterocycles. The van der Waals surface area contributed by atoms with Crippen LogP contribution in [0.25, 0.3) is 0 Å². The summed E-state index contributed by atoms with van der Waals surface area (Å²) in [4.78, 5) is 12.9. The summed E-state index contributed by atoms with van der Waals surface area (Å²) in [5, 5.41) is 8.78. The Labute approximate surface area is 80.7 Å². The lowest BCUT2D eigenvalue weighted by Crippen LogP contribution is -2.38. The standard InChI is InChI=1S/C10H21NO2/c1-4-10(3,9-13)8-11(5-2)6-7-12/h9,12H,4-8H2,1-3H3. The molecule has 0 fully saturated rings. The second-order valence-corrected chi connectivity index (χ2v) is 3.72. The van der Waals surface area contributed by atoms with Crippen LogP contribution in [0.3, 0.4) is 0 Å². The Morgan fingerprint density at radius 3 is 2.38 bits per heavy atom. The molecule has 0 aromatic rings. The van der Waals surface area contributed by atoms with Gasteiger partial charge < -0.3 is 14.8 Å². The highest BCUT2D eigenvalue weighted by molar-refractivity contribution is 5.58. The maximum atomic E-state index is 10.8. The van der Waals surface area contributed by atoms with E-state index in [1.54, 1.807) is 0 Å². The molecule has 0 heterocycles. The molecule has 0 saturated carbocycles. The van der Waals surface area contributed by atoms with Crippen LogP contribution in [0.4, 0.5) is 0 Å². The highest BCUT2D eigenvalue weighted by Crippen LogP contribution is 2.18. The van der Waals surface area contributed by atoms with Crippen LogP contribution in [-0.4, -0.2) is 42.5 Å². The van der Waals surface area contributed by atoms with E-state index in [1.807, 2.05) is 20.8 Å². The van der Waals surface area contributed by atoms with Gasteiger partial charge >= 0.3 is 0 Å². The van der Waals surface area contributed by atoms with Crippen molar-refractivity contribution in [2.75, 3.05) is 26.2 Å². The van der Waals surface area contributed by atoms with E-state index in [9.17, 15) is 4.79 Å². The molecule has 0 radical (unpaired) electrons. The minimum Gasteiger partial charge on any atom is -0.395 e. The molecule has 0 rings (SSSR count). The average molecular weight is 187 g/mol. The van der Waals surface area contributed by atoms with Crippen LogP contribution in [0.1, 0.15) is 27.2 Å². The minimum absolute atomic E-state index is 0.159. The van der Waals surface area contributed by atoms with E-state index in [2.05, 4.69) is 4.90 Å². The van der Waals surface area contributed by atoms with E-state index in [1.165, 1.54) is 0 Å². The first kappa shape index (κ1) is 12.6. The Balaban J connectivity index is 4.10. The van der Waals surface area contributed by atoms with Gasteiger partial charge in [-0.2, -0.15) is 0 Å². The number of aldehydes is 1. The van der Waals surface area contributed by atoms with Crippen molar-refractivity contribution in [2.45, 2.75) is 27.2 Å². The molecular formula is C10H21NO2. The first-order valence-electron chi connectivity index (χ1n) is 4.91. The number of hydrogen-bond donors (Lipinski definition) is 1. The van der Waals surface area contributed by atoms with Crippen LogP contribution in [0, 0.1) is 5.41 Å². The zero-order valence-electron chi connectivity index (χ0n) is 8.92. The molecule has 0 aromatic carbocycles. The molecule has 0 spiro atoms. The lowest BCUT2D eigenvalue weighted by Gasteiger charge is -2.29. The smallest absolute Gasteiger partial charge is 0.127 e. The molecule has 0 aliphatic heterocycles. The molecular weight excluding hydrogens is 166 g/mol. The molecule has 0 saturated heterocycles. The number of aliphatic hydroxyl groups is 1. The van der Waals surface area contributed by atoms with Crippen molar-refractivity contribution in [3.63, 3.8) is 0 Å². The third-order valence-electron chi connectivity index (χ3n) is 2.54. The van der Waals surface area contributed by atoms with E-state index < -0.39 is 0 Å². The summed E-state index contributed by atoms with van der Waals surface area (Å²) in [5.41, 5.74) is -0.259. The number of carbonyl (C=O) groups excluding carboxylic acids is 1. The summed E-state index contributed by atoms with van der Waals surface area (Å²) in [6.07, 6.45) is 1.87. The van der Waals surface area contributed by atoms with Crippen molar-refractivity contribution in [1.29, 1.82) is 0 Å². The lowest BCUT2D eigenvalue weighted by molar-refractivity contribution is -0.116. The van der Waals surface area contributed by atoms with Crippen LogP contribution >= 0.6 is 0 Å². The summed E-state index contributed by atoms with van der Waals surface area (Å²) in [7, 11) is 0. The van der Waals surface area contributed by atoms with E-state index in [0.29, 0.717) is 6.54 Å². The molecule has 0 amide bonds. The Morgan fingerprint density at radius 2 is 2.08 bits per heavy atom. The third kappa shape index (κ3) is 4.39. The Kier molecular flexibility index (Phi) is 5.91. The van der Waals surface area contributed by atoms with Gasteiger partial charge in [0.25, 0.3) is 0 Å². The first-order valence-corrected chi connectivity index (χ1v) is 4.91. The molecule has 13 heavy (non-hydrogen) atoms. The van der Waals surface area contributed by atoms with Crippen LogP contribution in [-0.2, 0) is 4.79 Å². The average Bonchev–Trinajstić information content (AvgIpc) is 2.17. The fourth-order valence-corrected chi connectivity index (χ4v) is 1.23. The van der Waals surface area contributed by atoms with Crippen molar-refractivity contribution in [3.8, 4) is 0 Å². The minimum atomic E-state index is -0.259. The Bertz CT molecular complexity index is 150. The van der Waals surface area contributed by atoms with Gasteiger partial charge in [0.1, 0.15) is 6.29 Å². The van der Waals surface area contributed by atoms with E-state index >= 15 is 0 Å². The zero-order chi connectivity index (χ0) is 10.3. The molecule has 0 aliphatic carbocycles. The van der Waals surface area contributed by atoms with E-state index in [-0.39, 0.29) is 12.0 Å². The molecule has 0 aliphatic rings. The van der Waals surface area contributed by atoms with Gasteiger partial charge in [0.2, 0.25) is 0 Å². The van der Waals surface area contributed by atoms with E-state index in [4.69, 9.17) is 5.11 Å². The molecule has 3 nitrogen and oxygen atoms in total. The summed E-state index contributed by atoms with van der Waals surface area (Å²) in [6.45, 7) is 8.44. The highest BCUT2D eigenvalue weighted by Gasteiger charge is 2.23. The Morgan fingerprint density at radius 1 is 1.46 bits per heavy atom. The molecule has 78 valence electrons. The maximum Gasteiger partial charge on any atom is 0.127 e. The highest BCUT2D eigenvalue weighted by atomic mass is 16.3. The SMILES string of the molecule is CCN(CCO)CC(C)(C=O)CC. The monoisotopic (exact) mass is 187 g/mol. The number of rotatable bonds is 7. The van der Waals surface area contributed by atoms with Crippen molar-refractivity contribution in [1.82, 2.24) is 4.90 Å². The second kappa shape index (κ2) is 6.11. The lowest BCUT2D eigenvalue weighted by atomic mass is 9.89. The molecule has 1 atom stereocenters. The number of likely N-dealkylation sites (N-methyl/N-ethyl adjacent to an activating group) is 1. The summed E-state index contributed by atoms with van der Waals surface area (Å²) in [5.74, 6) is 0. The van der Waals surface area contributed by atoms with Gasteiger partial charge in [-0.25, -0.2) is 0 Å². The van der Waals surface area contributed by atoms with Gasteiger partial charge in [-0.3, -0.25) is 0 Å². The van der Waals surface area contributed by atoms with Crippen molar-refractivity contribution in [2.24, 2.45) is 5.41 Å². The summed E-state index contributed by atoms with van der Waals surface area (Å²) >= 11 is 0. The molecule has 0 bridgehead atoms. The van der Waals surface area contributed by atoms with Crippen molar-refractivity contribution >= 4 is 6.29 Å². The van der Waals surface area contributed by atoms with Gasteiger partial charge in [0.15, 0.2) is 0 Å². The molecule has 1 N–H and O–H groups in total. The zero-order valence-corrected chi connectivity index (χ0v) is 8.92. The fourth-order valence-electron chi connectivity index (χ4n) is 1.23. The number of aliphatic hydroxyl groups excluding tert-OH is 1. The van der Waals surface area contributed by atoms with Crippen LogP contribution in [0.2, 0.25) is 0 Å². The predicted molar refractivity (Wildman–Crippen MR) is 53.7 cm³/mol. The third-order valence-corrected chi connectivity index (χ3v) is 2.54. The first-order chi connectivity index (χ1) is 6.11. The van der Waals surface area contributed by atoms with Crippen LogP contribution < -0.4 is 0 Å². The quantitative estimate of drug-likeness (QED) is 0.602. The maximum absolute atomic E-state index is 10.8. The fraction of sp³-hybridized carbons (Fsp3) is 0.900. The van der Waals surface area contributed by atoms with Gasteiger partial charge in [-0.1, -0.05) is 20.8 Å². The second-order valence-electron chi connectivity index (χ2n) is 3.72. The Hall–Kier alpha value is -0.410. The normalized spacial score (nSPS) is 15.8. The number of carbonyl (C=O) groups is 1. The summed E-state index contributed by atoms with van der Waals surface area (Å²) < 4.78 is 0. The predicted octanol–water partition coefficient (Wildman–Crippen LogP) is 0.916. The van der Waals surface area contributed by atoms with Gasteiger partial charge in [0.05, 0.1) is 6.61 Å². The van der Waals surface area contributed by atoms with E-state index in [0.717, 1.165) is 25.8 Å². The van der Waals surface area contributed by atoms with Crippen molar-refractivity contribution < 1.29 is 9.90 Å². The number of hydrogen-bond acceptors (Lipinski definition) is 3. The van der Waals surface area contributed by atoms with Gasteiger partial charge in [-0.15, -0.1) is 0 Å². The number of nitrogens with zero attached hydrogens (tertiary/aromatic N) is 1. The summed E-state index contributed by atoms with van der Waals surface area (Å²) in [6, 6.07) is 0. The topological polar surface area (TPSA) is 40.5 Å². The van der Waals surface area contributed by atoms with Gasteiger partial charge in [0, 0.05) is 18.5 Å². The van der Waals surface area contributed by atoms with Crippen LogP contribution in [0.15, 0.2) is 0 Å². The largest absolute Gasteiger partial charge is 0.395 e. The molecule has 1 unspecified atom stereocenters.